The zero-order chi connectivity index (χ0) is 18.5. The molecule has 0 bridgehead atoms. The number of fused-ring (bicyclic) bond motifs is 1. The minimum Gasteiger partial charge on any atom is -0.454 e. The maximum Gasteiger partial charge on any atom is 0.270 e. The first-order valence-electron chi connectivity index (χ1n) is 7.53. The number of carbonyl (C=O) groups is 1. The minimum absolute atomic E-state index is 0.132. The summed E-state index contributed by atoms with van der Waals surface area (Å²) in [6.45, 7) is 0.150. The van der Waals surface area contributed by atoms with Crippen molar-refractivity contribution in [1.29, 1.82) is 0 Å². The Bertz CT molecular complexity index is 945. The molecule has 0 aromatic heterocycles. The Labute approximate surface area is 148 Å². The van der Waals surface area contributed by atoms with Crippen molar-refractivity contribution >= 4 is 29.9 Å². The first-order valence-corrected chi connectivity index (χ1v) is 7.53. The first kappa shape index (κ1) is 17.1. The summed E-state index contributed by atoms with van der Waals surface area (Å²) in [4.78, 5) is 33.6. The van der Waals surface area contributed by atoms with Crippen molar-refractivity contribution in [3.63, 3.8) is 0 Å². The average molecular weight is 350 g/mol. The lowest BCUT2D eigenvalue weighted by Gasteiger charge is -1.98. The van der Waals surface area contributed by atoms with Gasteiger partial charge in [-0.3, -0.25) is 19.7 Å². The molecule has 1 heterocycles. The summed E-state index contributed by atoms with van der Waals surface area (Å²) in [6.07, 6.45) is 5.59. The van der Waals surface area contributed by atoms with Crippen LogP contribution in [0.15, 0.2) is 54.1 Å². The fourth-order valence-corrected chi connectivity index (χ4v) is 2.32. The first-order chi connectivity index (χ1) is 12.6. The van der Waals surface area contributed by atoms with Crippen molar-refractivity contribution in [1.82, 2.24) is 0 Å². The molecule has 7 heteroatoms. The van der Waals surface area contributed by atoms with E-state index in [0.29, 0.717) is 22.6 Å². The van der Waals surface area contributed by atoms with E-state index >= 15 is 0 Å². The van der Waals surface area contributed by atoms with E-state index in [0.717, 1.165) is 0 Å². The van der Waals surface area contributed by atoms with E-state index in [1.807, 2.05) is 0 Å². The van der Waals surface area contributed by atoms with Crippen LogP contribution in [-0.4, -0.2) is 23.8 Å². The number of non-ortho nitro benzene ring substituents is 1. The highest BCUT2D eigenvalue weighted by Gasteiger charge is 2.13. The third-order valence-corrected chi connectivity index (χ3v) is 3.59. The highest BCUT2D eigenvalue weighted by atomic mass is 16.7. The topological polar surface area (TPSA) is 95.7 Å². The second kappa shape index (κ2) is 7.43. The van der Waals surface area contributed by atoms with Gasteiger partial charge in [-0.25, -0.2) is 0 Å². The quantitative estimate of drug-likeness (QED) is 0.261. The van der Waals surface area contributed by atoms with Crippen LogP contribution in [0.4, 0.5) is 5.69 Å². The molecule has 0 fully saturated rings. The maximum absolute atomic E-state index is 12.2. The van der Waals surface area contributed by atoms with Crippen LogP contribution in [0.5, 0.6) is 11.5 Å². The molecule has 7 nitrogen and oxygen atoms in total. The number of hydrogen-bond acceptors (Lipinski definition) is 6. The Balaban J connectivity index is 1.79. The lowest BCUT2D eigenvalue weighted by atomic mass is 10.1. The second-order valence-corrected chi connectivity index (χ2v) is 5.32. The van der Waals surface area contributed by atoms with Crippen LogP contribution >= 0.6 is 0 Å². The molecule has 1 radical (unpaired) electrons. The molecule has 0 N–H and O–H groups in total. The summed E-state index contributed by atoms with van der Waals surface area (Å²) in [5.41, 5.74) is 0.695. The van der Waals surface area contributed by atoms with Gasteiger partial charge in [-0.05, 0) is 35.4 Å². The Morgan fingerprint density at radius 1 is 1.12 bits per heavy atom. The van der Waals surface area contributed by atoms with E-state index in [9.17, 15) is 19.7 Å². The number of rotatable bonds is 6. The number of ketones is 1. The number of ether oxygens (including phenoxy) is 2. The van der Waals surface area contributed by atoms with Crippen molar-refractivity contribution in [3.05, 3.63) is 75.4 Å². The Hall–Kier alpha value is -3.74. The number of nitro groups is 1. The summed E-state index contributed by atoms with van der Waals surface area (Å²) in [5, 5.41) is 10.8. The minimum atomic E-state index is -0.566. The summed E-state index contributed by atoms with van der Waals surface area (Å²) in [7, 11) is 0. The summed E-state index contributed by atoms with van der Waals surface area (Å²) >= 11 is 0. The smallest absolute Gasteiger partial charge is 0.270 e. The monoisotopic (exact) mass is 350 g/mol. The molecule has 2 aromatic carbocycles. The van der Waals surface area contributed by atoms with E-state index in [4.69, 9.17) is 9.47 Å². The van der Waals surface area contributed by atoms with Crippen LogP contribution in [0, 0.1) is 10.1 Å². The van der Waals surface area contributed by atoms with Crippen LogP contribution in [0.3, 0.4) is 0 Å². The SMILES string of the molecule is O=[C]C(=Cc1cccc([N+](=O)[O-])c1)C(=O)C=Cc1ccc2c(c1)OCO2. The van der Waals surface area contributed by atoms with Crippen LogP contribution in [0.1, 0.15) is 11.1 Å². The van der Waals surface area contributed by atoms with Crippen molar-refractivity contribution in [2.75, 3.05) is 6.79 Å². The van der Waals surface area contributed by atoms with Gasteiger partial charge in [0.15, 0.2) is 17.3 Å². The summed E-state index contributed by atoms with van der Waals surface area (Å²) < 4.78 is 10.5. The van der Waals surface area contributed by atoms with Gasteiger partial charge in [0.1, 0.15) is 0 Å². The molecular weight excluding hydrogens is 338 g/mol. The molecule has 129 valence electrons. The number of benzene rings is 2. The van der Waals surface area contributed by atoms with E-state index in [1.54, 1.807) is 30.6 Å². The third kappa shape index (κ3) is 3.84. The lowest BCUT2D eigenvalue weighted by Crippen LogP contribution is -1.99. The Morgan fingerprint density at radius 2 is 1.92 bits per heavy atom. The molecule has 0 saturated carbocycles. The van der Waals surface area contributed by atoms with E-state index < -0.39 is 10.7 Å². The molecule has 1 aliphatic heterocycles. The Morgan fingerprint density at radius 3 is 2.69 bits per heavy atom. The average Bonchev–Trinajstić information content (AvgIpc) is 3.12. The number of nitrogens with zero attached hydrogens (tertiary/aromatic N) is 1. The standard InChI is InChI=1S/C19H12NO6/c21-11-15(8-14-2-1-3-16(9-14)20(23)24)17(22)6-4-13-5-7-18-19(10-13)26-12-25-18/h1-10H,12H2. The molecule has 0 amide bonds. The van der Waals surface area contributed by atoms with Gasteiger partial charge in [0.2, 0.25) is 13.1 Å². The molecule has 3 rings (SSSR count). The van der Waals surface area contributed by atoms with Crippen molar-refractivity contribution in [2.45, 2.75) is 0 Å². The zero-order valence-electron chi connectivity index (χ0n) is 13.4. The van der Waals surface area contributed by atoms with Crippen molar-refractivity contribution in [3.8, 4) is 11.5 Å². The van der Waals surface area contributed by atoms with Gasteiger partial charge in [0.25, 0.3) is 5.69 Å². The van der Waals surface area contributed by atoms with E-state index in [2.05, 4.69) is 0 Å². The lowest BCUT2D eigenvalue weighted by molar-refractivity contribution is -0.384. The molecule has 1 aliphatic rings. The fraction of sp³-hybridized carbons (Fsp3) is 0.0526. The van der Waals surface area contributed by atoms with Crippen LogP contribution in [-0.2, 0) is 9.59 Å². The number of hydrogen-bond donors (Lipinski definition) is 0. The van der Waals surface area contributed by atoms with Gasteiger partial charge in [-0.2, -0.15) is 0 Å². The number of allylic oxidation sites excluding steroid dienone is 2. The zero-order valence-corrected chi connectivity index (χ0v) is 13.4. The molecule has 0 atom stereocenters. The van der Waals surface area contributed by atoms with Gasteiger partial charge in [-0.1, -0.05) is 24.3 Å². The van der Waals surface area contributed by atoms with Gasteiger partial charge in [0.05, 0.1) is 10.5 Å². The predicted molar refractivity (Wildman–Crippen MR) is 93.4 cm³/mol. The van der Waals surface area contributed by atoms with E-state index in [1.165, 1.54) is 36.4 Å². The molecule has 0 unspecified atom stereocenters. The van der Waals surface area contributed by atoms with Crippen LogP contribution < -0.4 is 9.47 Å². The summed E-state index contributed by atoms with van der Waals surface area (Å²) in [5.74, 6) is 0.638. The highest BCUT2D eigenvalue weighted by Crippen LogP contribution is 2.32. The largest absolute Gasteiger partial charge is 0.454 e. The Kier molecular flexibility index (Phi) is 4.89. The third-order valence-electron chi connectivity index (χ3n) is 3.59. The fourth-order valence-electron chi connectivity index (χ4n) is 2.32. The van der Waals surface area contributed by atoms with Gasteiger partial charge in [0, 0.05) is 12.1 Å². The van der Waals surface area contributed by atoms with Crippen molar-refractivity contribution < 1.29 is 24.0 Å². The normalized spacial score (nSPS) is 13.0. The van der Waals surface area contributed by atoms with Gasteiger partial charge < -0.3 is 9.47 Å². The molecule has 26 heavy (non-hydrogen) atoms. The molecule has 2 aromatic rings. The number of nitro benzene ring substituents is 1. The van der Waals surface area contributed by atoms with Crippen molar-refractivity contribution in [2.24, 2.45) is 0 Å². The maximum atomic E-state index is 12.2. The molecule has 0 saturated heterocycles. The molecular formula is C19H12NO6. The number of carbonyl (C=O) groups excluding carboxylic acids is 2. The van der Waals surface area contributed by atoms with E-state index in [-0.39, 0.29) is 18.1 Å². The molecule has 0 spiro atoms. The van der Waals surface area contributed by atoms with Gasteiger partial charge in [-0.15, -0.1) is 0 Å². The molecule has 0 aliphatic carbocycles. The van der Waals surface area contributed by atoms with Crippen LogP contribution in [0.2, 0.25) is 0 Å². The highest BCUT2D eigenvalue weighted by molar-refractivity contribution is 6.21. The predicted octanol–water partition coefficient (Wildman–Crippen LogP) is 3.10. The summed E-state index contributed by atoms with van der Waals surface area (Å²) in [6, 6.07) is 10.8. The second-order valence-electron chi connectivity index (χ2n) is 5.32. The van der Waals surface area contributed by atoms with Gasteiger partial charge >= 0.3 is 0 Å². The van der Waals surface area contributed by atoms with Crippen LogP contribution in [0.25, 0.3) is 12.2 Å².